The van der Waals surface area contributed by atoms with Crippen molar-refractivity contribution in [2.24, 2.45) is 0 Å². The fraction of sp³-hybridized carbons (Fsp3) is 0.400. The smallest absolute Gasteiger partial charge is 0.345 e. The van der Waals surface area contributed by atoms with Crippen LogP contribution in [0.15, 0.2) is 12.1 Å². The quantitative estimate of drug-likeness (QED) is 0.838. The summed E-state index contributed by atoms with van der Waals surface area (Å²) in [6.45, 7) is 1.75. The molecule has 1 aromatic heterocycles. The van der Waals surface area contributed by atoms with Crippen molar-refractivity contribution in [1.29, 1.82) is 0 Å². The summed E-state index contributed by atoms with van der Waals surface area (Å²) in [5, 5.41) is 11.4. The molecule has 1 aromatic rings. The first-order chi connectivity index (χ1) is 7.90. The van der Waals surface area contributed by atoms with Gasteiger partial charge in [0.25, 0.3) is 5.91 Å². The zero-order valence-electron chi connectivity index (χ0n) is 9.43. The van der Waals surface area contributed by atoms with E-state index in [0.29, 0.717) is 10.6 Å². The van der Waals surface area contributed by atoms with E-state index in [2.05, 4.69) is 5.32 Å². The number of thiophene rings is 1. The maximum Gasteiger partial charge on any atom is 0.345 e. The molecule has 2 atom stereocenters. The van der Waals surface area contributed by atoms with Crippen molar-refractivity contribution in [3.05, 3.63) is 21.9 Å². The molecule has 0 aliphatic carbocycles. The molecule has 0 aliphatic rings. The second kappa shape index (κ2) is 5.92. The molecule has 17 heavy (non-hydrogen) atoms. The van der Waals surface area contributed by atoms with Crippen molar-refractivity contribution in [1.82, 2.24) is 5.32 Å². The summed E-state index contributed by atoms with van der Waals surface area (Å²) in [5.41, 5.74) is 0. The van der Waals surface area contributed by atoms with E-state index < -0.39 is 16.8 Å². The molecule has 0 bridgehead atoms. The largest absolute Gasteiger partial charge is 0.477 e. The Labute approximate surface area is 105 Å². The highest BCUT2D eigenvalue weighted by Gasteiger charge is 2.15. The first kappa shape index (κ1) is 13.9. The van der Waals surface area contributed by atoms with Crippen LogP contribution in [0.5, 0.6) is 0 Å². The highest BCUT2D eigenvalue weighted by molar-refractivity contribution is 7.84. The lowest BCUT2D eigenvalue weighted by Gasteiger charge is -2.10. The lowest BCUT2D eigenvalue weighted by molar-refractivity contribution is 0.0702. The molecule has 1 heterocycles. The van der Waals surface area contributed by atoms with E-state index in [4.69, 9.17) is 5.11 Å². The first-order valence-electron chi connectivity index (χ1n) is 4.84. The Bertz CT molecular complexity index is 455. The number of amides is 1. The van der Waals surface area contributed by atoms with Crippen LogP contribution in [0.2, 0.25) is 0 Å². The first-order valence-corrected chi connectivity index (χ1v) is 7.38. The molecule has 1 amide bonds. The Morgan fingerprint density at radius 1 is 1.47 bits per heavy atom. The monoisotopic (exact) mass is 275 g/mol. The number of carboxylic acid groups (broad SMARTS) is 1. The Hall–Kier alpha value is -1.21. The van der Waals surface area contributed by atoms with E-state index in [9.17, 15) is 13.8 Å². The van der Waals surface area contributed by atoms with Crippen LogP contribution < -0.4 is 5.32 Å². The van der Waals surface area contributed by atoms with E-state index >= 15 is 0 Å². The second-order valence-corrected chi connectivity index (χ2v) is 6.15. The van der Waals surface area contributed by atoms with Crippen LogP contribution >= 0.6 is 11.3 Å². The van der Waals surface area contributed by atoms with E-state index in [0.717, 1.165) is 11.3 Å². The van der Waals surface area contributed by atoms with Crippen molar-refractivity contribution in [2.45, 2.75) is 13.0 Å². The average molecular weight is 275 g/mol. The molecular weight excluding hydrogens is 262 g/mol. The zero-order chi connectivity index (χ0) is 13.0. The van der Waals surface area contributed by atoms with Crippen LogP contribution in [0, 0.1) is 0 Å². The summed E-state index contributed by atoms with van der Waals surface area (Å²) in [5.74, 6) is -1.000. The summed E-state index contributed by atoms with van der Waals surface area (Å²) in [4.78, 5) is 22.8. The Kier molecular flexibility index (Phi) is 4.83. The Morgan fingerprint density at radius 2 is 2.06 bits per heavy atom. The number of hydrogen-bond acceptors (Lipinski definition) is 4. The van der Waals surface area contributed by atoms with Gasteiger partial charge >= 0.3 is 5.97 Å². The van der Waals surface area contributed by atoms with Gasteiger partial charge in [-0.2, -0.15) is 0 Å². The minimum absolute atomic E-state index is 0.127. The van der Waals surface area contributed by atoms with Crippen LogP contribution in [0.4, 0.5) is 0 Å². The average Bonchev–Trinajstić information content (AvgIpc) is 2.64. The predicted octanol–water partition coefficient (Wildman–Crippen LogP) is 0.943. The lowest BCUT2D eigenvalue weighted by atomic mass is 10.3. The standard InChI is InChI=1S/C10H13NO4S2/c1-6(5-17(2)15)11-9(12)7-3-4-8(16-7)10(13)14/h3-4,6H,5H2,1-2H3,(H,11,12)(H,13,14). The van der Waals surface area contributed by atoms with Gasteiger partial charge in [-0.25, -0.2) is 4.79 Å². The molecule has 0 spiro atoms. The van der Waals surface area contributed by atoms with Crippen LogP contribution in [0.25, 0.3) is 0 Å². The molecule has 5 nitrogen and oxygen atoms in total. The van der Waals surface area contributed by atoms with Gasteiger partial charge < -0.3 is 10.4 Å². The van der Waals surface area contributed by atoms with Crippen molar-refractivity contribution >= 4 is 34.0 Å². The van der Waals surface area contributed by atoms with Crippen molar-refractivity contribution in [2.75, 3.05) is 12.0 Å². The SMILES string of the molecule is CC(CS(C)=O)NC(=O)c1ccc(C(=O)O)s1. The Morgan fingerprint density at radius 3 is 2.53 bits per heavy atom. The molecule has 0 aromatic carbocycles. The Balaban J connectivity index is 2.63. The van der Waals surface area contributed by atoms with Gasteiger partial charge in [0.2, 0.25) is 0 Å². The van der Waals surface area contributed by atoms with Crippen LogP contribution in [0.1, 0.15) is 26.3 Å². The number of rotatable bonds is 5. The third-order valence-corrected chi connectivity index (χ3v) is 3.94. The second-order valence-electron chi connectivity index (χ2n) is 3.58. The van der Waals surface area contributed by atoms with Crippen LogP contribution in [-0.4, -0.2) is 39.2 Å². The summed E-state index contributed by atoms with van der Waals surface area (Å²) in [7, 11) is -0.976. The lowest BCUT2D eigenvalue weighted by Crippen LogP contribution is -2.35. The molecule has 1 rings (SSSR count). The normalized spacial score (nSPS) is 14.0. The predicted molar refractivity (Wildman–Crippen MR) is 67.1 cm³/mol. The summed E-state index contributed by atoms with van der Waals surface area (Å²) < 4.78 is 11.0. The highest BCUT2D eigenvalue weighted by Crippen LogP contribution is 2.16. The molecule has 0 aliphatic heterocycles. The third-order valence-electron chi connectivity index (χ3n) is 1.90. The topological polar surface area (TPSA) is 83.5 Å². The van der Waals surface area contributed by atoms with E-state index in [1.54, 1.807) is 13.2 Å². The number of carbonyl (C=O) groups excluding carboxylic acids is 1. The molecular formula is C10H13NO4S2. The number of aromatic carboxylic acids is 1. The maximum atomic E-state index is 11.7. The number of nitrogens with one attached hydrogen (secondary N) is 1. The fourth-order valence-electron chi connectivity index (χ4n) is 1.26. The van der Waals surface area contributed by atoms with Gasteiger partial charge in [-0.15, -0.1) is 11.3 Å². The van der Waals surface area contributed by atoms with Gasteiger partial charge in [0.1, 0.15) is 4.88 Å². The van der Waals surface area contributed by atoms with Gasteiger partial charge in [0, 0.05) is 28.9 Å². The number of carboxylic acids is 1. The molecule has 7 heteroatoms. The van der Waals surface area contributed by atoms with E-state index in [1.165, 1.54) is 12.1 Å². The van der Waals surface area contributed by atoms with Crippen LogP contribution in [0.3, 0.4) is 0 Å². The van der Waals surface area contributed by atoms with E-state index in [-0.39, 0.29) is 16.8 Å². The van der Waals surface area contributed by atoms with Crippen molar-refractivity contribution < 1.29 is 18.9 Å². The summed E-state index contributed by atoms with van der Waals surface area (Å²) >= 11 is 0.923. The zero-order valence-corrected chi connectivity index (χ0v) is 11.1. The number of carbonyl (C=O) groups is 2. The molecule has 0 saturated heterocycles. The van der Waals surface area contributed by atoms with Gasteiger partial charge in [-0.1, -0.05) is 0 Å². The van der Waals surface area contributed by atoms with Gasteiger partial charge in [-0.05, 0) is 19.1 Å². The summed E-state index contributed by atoms with van der Waals surface area (Å²) in [6, 6.07) is 2.66. The number of hydrogen-bond donors (Lipinski definition) is 2. The van der Waals surface area contributed by atoms with Crippen molar-refractivity contribution in [3.8, 4) is 0 Å². The molecule has 0 saturated carbocycles. The highest BCUT2D eigenvalue weighted by atomic mass is 32.2. The molecule has 0 fully saturated rings. The molecule has 2 N–H and O–H groups in total. The van der Waals surface area contributed by atoms with Gasteiger partial charge in [0.15, 0.2) is 0 Å². The molecule has 0 radical (unpaired) electrons. The van der Waals surface area contributed by atoms with Gasteiger partial charge in [-0.3, -0.25) is 9.00 Å². The minimum atomic E-state index is -1.04. The minimum Gasteiger partial charge on any atom is -0.477 e. The van der Waals surface area contributed by atoms with Crippen LogP contribution in [-0.2, 0) is 10.8 Å². The third kappa shape index (κ3) is 4.27. The summed E-state index contributed by atoms with van der Waals surface area (Å²) in [6.07, 6.45) is 1.57. The van der Waals surface area contributed by atoms with Gasteiger partial charge in [0.05, 0.1) is 4.88 Å². The van der Waals surface area contributed by atoms with Crippen molar-refractivity contribution in [3.63, 3.8) is 0 Å². The molecule has 94 valence electrons. The molecule has 2 unspecified atom stereocenters. The fourth-order valence-corrected chi connectivity index (χ4v) is 2.80. The maximum absolute atomic E-state index is 11.7. The van der Waals surface area contributed by atoms with E-state index in [1.807, 2.05) is 0 Å².